The average molecular weight is 759 g/mol. The second-order valence-corrected chi connectivity index (χ2v) is 16.0. The molecule has 0 amide bonds. The zero-order chi connectivity index (χ0) is 39.6. The SMILES string of the molecule is CC(=O)O[C@@H]1[C@@H](OC(C)=O)[C@H](O[C@H]2CC[C@@]3(C)C(=CC[C@]4(O)[C@@H]3C[C@@H](OC(=O)c3ccc(O)cc3)[C@@]3(C)[C@]4(O)CC[C@@]3(O)C(C)=O)C2)OC[C@H]1OC(C)=O. The lowest BCUT2D eigenvalue weighted by atomic mass is 9.42. The molecule has 6 rings (SSSR count). The Morgan fingerprint density at radius 2 is 1.44 bits per heavy atom. The number of hydrogen-bond acceptors (Lipinski definition) is 15. The van der Waals surface area contributed by atoms with Crippen molar-refractivity contribution in [1.82, 2.24) is 0 Å². The maximum atomic E-state index is 13.6. The lowest BCUT2D eigenvalue weighted by molar-refractivity contribution is -0.314. The molecule has 1 aromatic rings. The number of esters is 4. The van der Waals surface area contributed by atoms with Crippen LogP contribution < -0.4 is 0 Å². The highest BCUT2D eigenvalue weighted by atomic mass is 16.7. The Labute approximate surface area is 312 Å². The molecule has 0 radical (unpaired) electrons. The van der Waals surface area contributed by atoms with E-state index in [1.807, 2.05) is 13.0 Å². The number of phenolic OH excluding ortho intramolecular Hbond substituents is 1. The van der Waals surface area contributed by atoms with E-state index in [-0.39, 0.29) is 43.6 Å². The van der Waals surface area contributed by atoms with E-state index < -0.39 is 100 Å². The van der Waals surface area contributed by atoms with Gasteiger partial charge in [0.1, 0.15) is 28.7 Å². The maximum Gasteiger partial charge on any atom is 0.338 e. The highest BCUT2D eigenvalue weighted by molar-refractivity contribution is 5.90. The first kappa shape index (κ1) is 39.8. The first-order valence-electron chi connectivity index (χ1n) is 18.4. The third-order valence-electron chi connectivity index (χ3n) is 13.1. The maximum absolute atomic E-state index is 13.6. The second kappa shape index (κ2) is 14.0. The normalized spacial score (nSPS) is 41.2. The second-order valence-electron chi connectivity index (χ2n) is 16.0. The Bertz CT molecular complexity index is 1720. The number of fused-ring (bicyclic) bond motifs is 5. The minimum atomic E-state index is -2.12. The molecule has 1 saturated heterocycles. The van der Waals surface area contributed by atoms with Gasteiger partial charge < -0.3 is 48.8 Å². The van der Waals surface area contributed by atoms with E-state index >= 15 is 0 Å². The number of Topliss-reactive ketones (excluding diaryl/α,β-unsaturated/α-hetero) is 1. The van der Waals surface area contributed by atoms with Crippen LogP contribution in [0.4, 0.5) is 0 Å². The molecule has 296 valence electrons. The quantitative estimate of drug-likeness (QED) is 0.170. The number of aromatic hydroxyl groups is 1. The van der Waals surface area contributed by atoms with Crippen molar-refractivity contribution in [1.29, 1.82) is 0 Å². The van der Waals surface area contributed by atoms with E-state index in [4.69, 9.17) is 28.4 Å². The van der Waals surface area contributed by atoms with Gasteiger partial charge >= 0.3 is 23.9 Å². The van der Waals surface area contributed by atoms with Gasteiger partial charge in [-0.15, -0.1) is 0 Å². The van der Waals surface area contributed by atoms with Crippen molar-refractivity contribution >= 4 is 29.7 Å². The number of rotatable bonds is 8. The lowest BCUT2D eigenvalue weighted by Gasteiger charge is -2.67. The summed E-state index contributed by atoms with van der Waals surface area (Å²) in [5, 5.41) is 47.3. The van der Waals surface area contributed by atoms with Crippen LogP contribution in [0.25, 0.3) is 0 Å². The zero-order valence-corrected chi connectivity index (χ0v) is 31.4. The van der Waals surface area contributed by atoms with Crippen molar-refractivity contribution in [2.45, 2.75) is 140 Å². The fourth-order valence-corrected chi connectivity index (χ4v) is 10.3. The number of ether oxygens (including phenoxy) is 6. The van der Waals surface area contributed by atoms with Crippen LogP contribution in [0, 0.1) is 16.7 Å². The van der Waals surface area contributed by atoms with Gasteiger partial charge in [0.25, 0.3) is 0 Å². The van der Waals surface area contributed by atoms with Crippen LogP contribution in [0.3, 0.4) is 0 Å². The highest BCUT2D eigenvalue weighted by Crippen LogP contribution is 2.71. The van der Waals surface area contributed by atoms with Crippen molar-refractivity contribution in [2.75, 3.05) is 6.61 Å². The predicted octanol–water partition coefficient (Wildman–Crippen LogP) is 2.58. The number of aliphatic hydroxyl groups is 3. The number of carbonyl (C=O) groups is 5. The van der Waals surface area contributed by atoms with E-state index in [1.165, 1.54) is 58.9 Å². The molecule has 12 atom stereocenters. The first-order valence-corrected chi connectivity index (χ1v) is 18.4. The topological polar surface area (TPSA) is 222 Å². The van der Waals surface area contributed by atoms with Crippen molar-refractivity contribution in [3.05, 3.63) is 41.5 Å². The molecular formula is C39H50O15. The van der Waals surface area contributed by atoms with Crippen LogP contribution in [-0.4, -0.2) is 110 Å². The van der Waals surface area contributed by atoms with Gasteiger partial charge in [0.15, 0.2) is 30.4 Å². The van der Waals surface area contributed by atoms with Gasteiger partial charge in [-0.1, -0.05) is 18.6 Å². The Morgan fingerprint density at radius 1 is 0.815 bits per heavy atom. The monoisotopic (exact) mass is 758 g/mol. The van der Waals surface area contributed by atoms with Crippen LogP contribution in [0.5, 0.6) is 5.75 Å². The minimum Gasteiger partial charge on any atom is -0.508 e. The fourth-order valence-electron chi connectivity index (χ4n) is 10.3. The molecule has 0 aromatic heterocycles. The Hall–Kier alpha value is -3.89. The van der Waals surface area contributed by atoms with Crippen LogP contribution in [0.15, 0.2) is 35.9 Å². The summed E-state index contributed by atoms with van der Waals surface area (Å²) in [4.78, 5) is 62.8. The van der Waals surface area contributed by atoms with Crippen LogP contribution >= 0.6 is 0 Å². The third kappa shape index (κ3) is 6.21. The Morgan fingerprint density at radius 3 is 2.06 bits per heavy atom. The van der Waals surface area contributed by atoms with Crippen molar-refractivity contribution in [2.24, 2.45) is 16.7 Å². The summed E-state index contributed by atoms with van der Waals surface area (Å²) in [5.41, 5.74) is -7.55. The summed E-state index contributed by atoms with van der Waals surface area (Å²) in [5.74, 6) is -4.19. The predicted molar refractivity (Wildman–Crippen MR) is 184 cm³/mol. The fraction of sp³-hybridized carbons (Fsp3) is 0.667. The summed E-state index contributed by atoms with van der Waals surface area (Å²) in [6.07, 6.45) is -3.69. The molecule has 0 unspecified atom stereocenters. The van der Waals surface area contributed by atoms with E-state index in [0.717, 1.165) is 5.57 Å². The van der Waals surface area contributed by atoms with E-state index in [1.54, 1.807) is 0 Å². The molecule has 4 aliphatic carbocycles. The molecule has 0 bridgehead atoms. The van der Waals surface area contributed by atoms with Gasteiger partial charge in [0.05, 0.1) is 23.7 Å². The van der Waals surface area contributed by atoms with E-state index in [2.05, 4.69) is 0 Å². The van der Waals surface area contributed by atoms with Crippen molar-refractivity contribution in [3.63, 3.8) is 0 Å². The molecular weight excluding hydrogens is 708 g/mol. The number of carbonyl (C=O) groups excluding carboxylic acids is 5. The lowest BCUT2D eigenvalue weighted by Crippen LogP contribution is -2.78. The molecule has 54 heavy (non-hydrogen) atoms. The molecule has 1 aliphatic heterocycles. The highest BCUT2D eigenvalue weighted by Gasteiger charge is 2.81. The molecule has 15 nitrogen and oxygen atoms in total. The van der Waals surface area contributed by atoms with Gasteiger partial charge in [-0.3, -0.25) is 19.2 Å². The van der Waals surface area contributed by atoms with E-state index in [0.29, 0.717) is 19.3 Å². The molecule has 0 spiro atoms. The van der Waals surface area contributed by atoms with Gasteiger partial charge in [-0.2, -0.15) is 0 Å². The van der Waals surface area contributed by atoms with Gasteiger partial charge in [-0.05, 0) is 88.5 Å². The molecule has 15 heteroatoms. The summed E-state index contributed by atoms with van der Waals surface area (Å²) in [6, 6.07) is 5.43. The number of benzene rings is 1. The Kier molecular flexibility index (Phi) is 10.3. The van der Waals surface area contributed by atoms with Crippen LogP contribution in [0.1, 0.15) is 96.8 Å². The summed E-state index contributed by atoms with van der Waals surface area (Å²) in [7, 11) is 0. The minimum absolute atomic E-state index is 0.00987. The summed E-state index contributed by atoms with van der Waals surface area (Å²) in [6.45, 7) is 8.05. The van der Waals surface area contributed by atoms with Crippen molar-refractivity contribution in [3.8, 4) is 5.75 Å². The van der Waals surface area contributed by atoms with Gasteiger partial charge in [0, 0.05) is 26.7 Å². The molecule has 4 fully saturated rings. The summed E-state index contributed by atoms with van der Waals surface area (Å²) >= 11 is 0. The van der Waals surface area contributed by atoms with Crippen LogP contribution in [0.2, 0.25) is 0 Å². The number of ketones is 1. The molecule has 3 saturated carbocycles. The standard InChI is InChI=1S/C39H50O15/c1-20(40)37(46)15-16-39(48)36(37,6)30(54-33(45)24-7-9-26(44)10-8-24)18-29-35(5)13-12-27(17-25(35)11-14-38(29,39)47)53-34-32(52-23(4)43)31(51-22(3)42)28(19-49-34)50-21(2)41/h7-11,27-32,34,44,46-48H,12-19H2,1-6H3/t27-,28+,29+,30+,31-,32+,34-,35-,36+,37+,38-,39+/m0/s1. The third-order valence-corrected chi connectivity index (χ3v) is 13.1. The number of hydrogen-bond donors (Lipinski definition) is 4. The van der Waals surface area contributed by atoms with Gasteiger partial charge in [-0.25, -0.2) is 4.79 Å². The molecule has 1 heterocycles. The van der Waals surface area contributed by atoms with Crippen LogP contribution in [-0.2, 0) is 47.6 Å². The first-order chi connectivity index (χ1) is 25.2. The number of phenols is 1. The zero-order valence-electron chi connectivity index (χ0n) is 31.4. The smallest absolute Gasteiger partial charge is 0.338 e. The largest absolute Gasteiger partial charge is 0.508 e. The molecule has 4 N–H and O–H groups in total. The van der Waals surface area contributed by atoms with Gasteiger partial charge in [0.2, 0.25) is 0 Å². The van der Waals surface area contributed by atoms with Crippen molar-refractivity contribution < 1.29 is 72.8 Å². The average Bonchev–Trinajstić information content (AvgIpc) is 3.32. The summed E-state index contributed by atoms with van der Waals surface area (Å²) < 4.78 is 34.8. The van der Waals surface area contributed by atoms with E-state index in [9.17, 15) is 44.4 Å². The molecule has 5 aliphatic rings. The molecule has 1 aromatic carbocycles. The Balaban J connectivity index is 1.30.